The highest BCUT2D eigenvalue weighted by molar-refractivity contribution is 4.75. The van der Waals surface area contributed by atoms with Crippen molar-refractivity contribution in [1.29, 1.82) is 0 Å². The zero-order chi connectivity index (χ0) is 14.2. The van der Waals surface area contributed by atoms with Gasteiger partial charge in [-0.1, -0.05) is 47.0 Å². The molecule has 0 aromatic rings. The smallest absolute Gasteiger partial charge is 0.188 e. The topological polar surface area (TPSA) is 38.7 Å². The van der Waals surface area contributed by atoms with Crippen molar-refractivity contribution >= 4 is 0 Å². The molecule has 0 aromatic heterocycles. The average Bonchev–Trinajstić information content (AvgIpc) is 2.18. The maximum absolute atomic E-state index is 9.66. The summed E-state index contributed by atoms with van der Waals surface area (Å²) in [5, 5.41) is 9.66. The Labute approximate surface area is 113 Å². The predicted molar refractivity (Wildman–Crippen MR) is 75.1 cm³/mol. The molecule has 0 rings (SSSR count). The summed E-state index contributed by atoms with van der Waals surface area (Å²) in [6.45, 7) is 12.6. The van der Waals surface area contributed by atoms with Crippen LogP contribution in [0, 0.1) is 5.41 Å². The molecule has 1 atom stereocenters. The number of hydrogen-bond donors (Lipinski definition) is 1. The zero-order valence-electron chi connectivity index (χ0n) is 13.1. The average molecular weight is 260 g/mol. The second kappa shape index (κ2) is 8.13. The quantitative estimate of drug-likeness (QED) is 0.288. The maximum atomic E-state index is 9.66. The van der Waals surface area contributed by atoms with Gasteiger partial charge in [0.1, 0.15) is 0 Å². The van der Waals surface area contributed by atoms with Crippen molar-refractivity contribution in [1.82, 2.24) is 0 Å². The van der Waals surface area contributed by atoms with Crippen molar-refractivity contribution in [2.24, 2.45) is 5.41 Å². The molecule has 1 unspecified atom stereocenters. The van der Waals surface area contributed by atoms with Crippen molar-refractivity contribution in [3.8, 4) is 0 Å². The minimum atomic E-state index is -0.805. The summed E-state index contributed by atoms with van der Waals surface area (Å²) in [6, 6.07) is 0. The van der Waals surface area contributed by atoms with E-state index in [0.29, 0.717) is 6.42 Å². The Bertz CT molecular complexity index is 206. The zero-order valence-corrected chi connectivity index (χ0v) is 13.1. The van der Waals surface area contributed by atoms with Gasteiger partial charge in [-0.3, -0.25) is 0 Å². The van der Waals surface area contributed by atoms with E-state index in [1.807, 2.05) is 13.8 Å². The molecule has 0 aliphatic heterocycles. The van der Waals surface area contributed by atoms with Gasteiger partial charge < -0.3 is 5.11 Å². The molecule has 0 aliphatic rings. The third-order valence-electron chi connectivity index (χ3n) is 2.65. The van der Waals surface area contributed by atoms with Crippen molar-refractivity contribution in [2.45, 2.75) is 92.0 Å². The molecular formula is C15H32O3. The molecule has 0 saturated heterocycles. The molecule has 0 bridgehead atoms. The van der Waals surface area contributed by atoms with E-state index < -0.39 is 6.29 Å². The first-order valence-electron chi connectivity index (χ1n) is 7.19. The Morgan fingerprint density at radius 1 is 1.00 bits per heavy atom. The summed E-state index contributed by atoms with van der Waals surface area (Å²) >= 11 is 0. The van der Waals surface area contributed by atoms with Gasteiger partial charge in [0.2, 0.25) is 0 Å². The van der Waals surface area contributed by atoms with E-state index in [-0.39, 0.29) is 11.0 Å². The summed E-state index contributed by atoms with van der Waals surface area (Å²) in [5.74, 6) is 0. The molecular weight excluding hydrogens is 228 g/mol. The second-order valence-electron chi connectivity index (χ2n) is 6.98. The normalized spacial score (nSPS) is 14.8. The van der Waals surface area contributed by atoms with Gasteiger partial charge in [-0.25, -0.2) is 9.78 Å². The van der Waals surface area contributed by atoms with E-state index >= 15 is 0 Å². The van der Waals surface area contributed by atoms with Gasteiger partial charge in [0.05, 0.1) is 5.60 Å². The Hall–Kier alpha value is -0.120. The first kappa shape index (κ1) is 17.9. The lowest BCUT2D eigenvalue weighted by atomic mass is 9.84. The summed E-state index contributed by atoms with van der Waals surface area (Å²) < 4.78 is 0. The molecule has 1 N–H and O–H groups in total. The van der Waals surface area contributed by atoms with Gasteiger partial charge in [-0.05, 0) is 32.1 Å². The van der Waals surface area contributed by atoms with Gasteiger partial charge in [-0.15, -0.1) is 0 Å². The molecule has 0 radical (unpaired) electrons. The summed E-state index contributed by atoms with van der Waals surface area (Å²) in [4.78, 5) is 10.5. The maximum Gasteiger partial charge on any atom is 0.188 e. The molecule has 110 valence electrons. The van der Waals surface area contributed by atoms with Crippen LogP contribution < -0.4 is 0 Å². The molecule has 3 nitrogen and oxygen atoms in total. The van der Waals surface area contributed by atoms with Crippen LogP contribution in [0.5, 0.6) is 0 Å². The van der Waals surface area contributed by atoms with Crippen molar-refractivity contribution in [3.63, 3.8) is 0 Å². The minimum Gasteiger partial charge on any atom is -0.366 e. The first-order chi connectivity index (χ1) is 8.16. The van der Waals surface area contributed by atoms with E-state index in [9.17, 15) is 5.11 Å². The number of aliphatic hydroxyl groups is 1. The van der Waals surface area contributed by atoms with Crippen LogP contribution in [0.1, 0.15) is 80.1 Å². The molecule has 0 spiro atoms. The third kappa shape index (κ3) is 11.0. The fraction of sp³-hybridized carbons (Fsp3) is 1.00. The molecule has 3 heteroatoms. The molecule has 18 heavy (non-hydrogen) atoms. The van der Waals surface area contributed by atoms with Gasteiger partial charge in [-0.2, -0.15) is 0 Å². The van der Waals surface area contributed by atoms with Crippen LogP contribution in [0.25, 0.3) is 0 Å². The summed E-state index contributed by atoms with van der Waals surface area (Å²) in [6.07, 6.45) is 5.25. The number of unbranched alkanes of at least 4 members (excludes halogenated alkanes) is 3. The highest BCUT2D eigenvalue weighted by atomic mass is 17.2. The van der Waals surface area contributed by atoms with E-state index in [1.54, 1.807) is 0 Å². The van der Waals surface area contributed by atoms with Crippen LogP contribution in [0.3, 0.4) is 0 Å². The second-order valence-corrected chi connectivity index (χ2v) is 6.98. The van der Waals surface area contributed by atoms with Crippen molar-refractivity contribution in [2.75, 3.05) is 0 Å². The standard InChI is InChI=1S/C15H32O3/c1-7-8-9-10-11-13(16)17-18-15(5,6)12-14(2,3)4/h13,16H,7-12H2,1-6H3. The Kier molecular flexibility index (Phi) is 8.08. The SMILES string of the molecule is CCCCCCC(O)OOC(C)(C)CC(C)(C)C. The summed E-state index contributed by atoms with van der Waals surface area (Å²) in [7, 11) is 0. The van der Waals surface area contributed by atoms with Crippen LogP contribution >= 0.6 is 0 Å². The predicted octanol–water partition coefficient (Wildman–Crippen LogP) is 4.44. The Morgan fingerprint density at radius 3 is 2.11 bits per heavy atom. The molecule has 0 saturated carbocycles. The first-order valence-corrected chi connectivity index (χ1v) is 7.19. The molecule has 0 amide bonds. The largest absolute Gasteiger partial charge is 0.366 e. The molecule has 0 aromatic carbocycles. The lowest BCUT2D eigenvalue weighted by molar-refractivity contribution is -0.416. The third-order valence-corrected chi connectivity index (χ3v) is 2.65. The lowest BCUT2D eigenvalue weighted by Crippen LogP contribution is -2.32. The minimum absolute atomic E-state index is 0.180. The van der Waals surface area contributed by atoms with E-state index in [4.69, 9.17) is 9.78 Å². The van der Waals surface area contributed by atoms with Crippen molar-refractivity contribution < 1.29 is 14.9 Å². The van der Waals surface area contributed by atoms with Crippen LogP contribution in [0.15, 0.2) is 0 Å². The molecule has 0 heterocycles. The van der Waals surface area contributed by atoms with Crippen molar-refractivity contribution in [3.05, 3.63) is 0 Å². The van der Waals surface area contributed by atoms with E-state index in [2.05, 4.69) is 27.7 Å². The van der Waals surface area contributed by atoms with Crippen LogP contribution in [-0.4, -0.2) is 17.0 Å². The fourth-order valence-electron chi connectivity index (χ4n) is 2.29. The van der Waals surface area contributed by atoms with Gasteiger partial charge in [0.15, 0.2) is 6.29 Å². The number of rotatable bonds is 9. The summed E-state index contributed by atoms with van der Waals surface area (Å²) in [5.41, 5.74) is -0.193. The lowest BCUT2D eigenvalue weighted by Gasteiger charge is -2.31. The highest BCUT2D eigenvalue weighted by Crippen LogP contribution is 2.29. The van der Waals surface area contributed by atoms with Gasteiger partial charge in [0.25, 0.3) is 0 Å². The monoisotopic (exact) mass is 260 g/mol. The van der Waals surface area contributed by atoms with Crippen LogP contribution in [0.2, 0.25) is 0 Å². The Morgan fingerprint density at radius 2 is 1.61 bits per heavy atom. The highest BCUT2D eigenvalue weighted by Gasteiger charge is 2.28. The van der Waals surface area contributed by atoms with E-state index in [0.717, 1.165) is 19.3 Å². The van der Waals surface area contributed by atoms with Crippen LogP contribution in [0.4, 0.5) is 0 Å². The Balaban J connectivity index is 3.79. The molecule has 0 fully saturated rings. The van der Waals surface area contributed by atoms with Gasteiger partial charge in [0, 0.05) is 6.42 Å². The molecule has 0 aliphatic carbocycles. The van der Waals surface area contributed by atoms with Gasteiger partial charge >= 0.3 is 0 Å². The fourth-order valence-corrected chi connectivity index (χ4v) is 2.29. The number of hydrogen-bond acceptors (Lipinski definition) is 3. The number of aliphatic hydroxyl groups excluding tert-OH is 1. The van der Waals surface area contributed by atoms with E-state index in [1.165, 1.54) is 12.8 Å². The van der Waals surface area contributed by atoms with Crippen LogP contribution in [-0.2, 0) is 9.78 Å².